The monoisotopic (exact) mass is 486 g/mol. The second-order valence-corrected chi connectivity index (χ2v) is 9.15. The first-order chi connectivity index (χ1) is 15.9. The Morgan fingerprint density at radius 1 is 1.24 bits per heavy atom. The van der Waals surface area contributed by atoms with Gasteiger partial charge in [-0.25, -0.2) is 4.79 Å². The number of nitrogens with one attached hydrogen (secondary N) is 1. The number of carbonyl (C=O) groups excluding carboxylic acids is 2. The summed E-state index contributed by atoms with van der Waals surface area (Å²) in [5.74, 6) is 0.855. The quantitative estimate of drug-likeness (QED) is 0.252. The first-order valence-electron chi connectivity index (χ1n) is 10.3. The van der Waals surface area contributed by atoms with E-state index in [4.69, 9.17) is 9.47 Å². The second kappa shape index (κ2) is 11.2. The van der Waals surface area contributed by atoms with Crippen LogP contribution in [-0.2, 0) is 16.1 Å². The number of hydrogen-bond acceptors (Lipinski definition) is 8. The Bertz CT molecular complexity index is 1150. The Labute approximate surface area is 201 Å². The van der Waals surface area contributed by atoms with Gasteiger partial charge < -0.3 is 14.8 Å². The Morgan fingerprint density at radius 2 is 1.97 bits per heavy atom. The summed E-state index contributed by atoms with van der Waals surface area (Å²) in [5, 5.41) is 12.5. The van der Waals surface area contributed by atoms with E-state index in [2.05, 4.69) is 22.1 Å². The molecule has 0 radical (unpaired) electrons. The first-order valence-corrected chi connectivity index (χ1v) is 12.1. The smallest absolute Gasteiger partial charge is 0.341 e. The van der Waals surface area contributed by atoms with Gasteiger partial charge in [-0.3, -0.25) is 9.36 Å². The molecule has 3 aromatic rings. The highest BCUT2D eigenvalue weighted by molar-refractivity contribution is 7.99. The first kappa shape index (κ1) is 24.5. The topological polar surface area (TPSA) is 95.3 Å². The fourth-order valence-corrected chi connectivity index (χ4v) is 4.94. The summed E-state index contributed by atoms with van der Waals surface area (Å²) in [6, 6.07) is 7.61. The van der Waals surface area contributed by atoms with Crippen molar-refractivity contribution in [3.05, 3.63) is 52.9 Å². The molecule has 2 heterocycles. The maximum atomic E-state index is 12.6. The molecule has 1 N–H and O–H groups in total. The number of aryl methyl sites for hydroxylation is 1. The molecule has 33 heavy (non-hydrogen) atoms. The average molecular weight is 487 g/mol. The maximum absolute atomic E-state index is 12.6. The number of nitrogens with zero attached hydrogens (tertiary/aromatic N) is 3. The second-order valence-electron chi connectivity index (χ2n) is 6.98. The van der Waals surface area contributed by atoms with Gasteiger partial charge in [0.2, 0.25) is 5.91 Å². The van der Waals surface area contributed by atoms with Crippen LogP contribution in [0.15, 0.2) is 42.1 Å². The molecular weight excluding hydrogens is 460 g/mol. The molecule has 0 aliphatic heterocycles. The minimum Gasteiger partial charge on any atom is -0.494 e. The highest BCUT2D eigenvalue weighted by Gasteiger charge is 2.22. The summed E-state index contributed by atoms with van der Waals surface area (Å²) >= 11 is 2.62. The largest absolute Gasteiger partial charge is 0.494 e. The van der Waals surface area contributed by atoms with E-state index < -0.39 is 5.97 Å². The summed E-state index contributed by atoms with van der Waals surface area (Å²) in [4.78, 5) is 25.7. The number of methoxy groups -OCH3 is 1. The van der Waals surface area contributed by atoms with Crippen molar-refractivity contribution < 1.29 is 19.1 Å². The molecule has 0 aliphatic carbocycles. The fraction of sp³-hybridized carbons (Fsp3) is 0.304. The van der Waals surface area contributed by atoms with Crippen LogP contribution in [0.2, 0.25) is 0 Å². The standard InChI is InChI=1S/C23H26N4O4S2/c1-6-12-27-20(16-8-10-17(11-9-16)31-7-2)25-26-23(27)32-13-18(28)24-21-19(22(29)30-5)14(3)15(4)33-21/h6,8-11H,1,7,12-13H2,2-5H3,(H,24,28). The van der Waals surface area contributed by atoms with Crippen LogP contribution in [0.4, 0.5) is 5.00 Å². The van der Waals surface area contributed by atoms with E-state index in [1.807, 2.05) is 49.6 Å². The SMILES string of the molecule is C=CCn1c(SCC(=O)Nc2sc(C)c(C)c2C(=O)OC)nnc1-c1ccc(OCC)cc1. The van der Waals surface area contributed by atoms with E-state index in [0.29, 0.717) is 34.7 Å². The van der Waals surface area contributed by atoms with E-state index in [1.165, 1.54) is 30.2 Å². The molecule has 0 bridgehead atoms. The van der Waals surface area contributed by atoms with Crippen molar-refractivity contribution >= 4 is 40.0 Å². The third kappa shape index (κ3) is 5.63. The number of anilines is 1. The van der Waals surface area contributed by atoms with Crippen molar-refractivity contribution in [1.82, 2.24) is 14.8 Å². The van der Waals surface area contributed by atoms with Crippen molar-refractivity contribution in [3.63, 3.8) is 0 Å². The number of carbonyl (C=O) groups is 2. The predicted octanol–water partition coefficient (Wildman–Crippen LogP) is 4.73. The molecule has 0 saturated heterocycles. The zero-order chi connectivity index (χ0) is 24.0. The van der Waals surface area contributed by atoms with E-state index in [9.17, 15) is 9.59 Å². The lowest BCUT2D eigenvalue weighted by atomic mass is 10.1. The Hall–Kier alpha value is -3.11. The Kier molecular flexibility index (Phi) is 8.29. The zero-order valence-electron chi connectivity index (χ0n) is 19.0. The molecule has 3 rings (SSSR count). The van der Waals surface area contributed by atoms with Crippen LogP contribution < -0.4 is 10.1 Å². The molecule has 0 unspecified atom stereocenters. The van der Waals surface area contributed by atoms with Gasteiger partial charge in [-0.1, -0.05) is 17.8 Å². The van der Waals surface area contributed by atoms with Gasteiger partial charge in [0.05, 0.1) is 25.0 Å². The Morgan fingerprint density at radius 3 is 2.61 bits per heavy atom. The molecular formula is C23H26N4O4S2. The van der Waals surface area contributed by atoms with Gasteiger partial charge in [0.15, 0.2) is 11.0 Å². The van der Waals surface area contributed by atoms with Crippen LogP contribution in [0.1, 0.15) is 27.7 Å². The summed E-state index contributed by atoms with van der Waals surface area (Å²) in [7, 11) is 1.32. The molecule has 1 aromatic carbocycles. The van der Waals surface area contributed by atoms with Crippen molar-refractivity contribution in [1.29, 1.82) is 0 Å². The van der Waals surface area contributed by atoms with Gasteiger partial charge in [0.25, 0.3) is 0 Å². The van der Waals surface area contributed by atoms with Crippen LogP contribution in [0.5, 0.6) is 5.75 Å². The van der Waals surface area contributed by atoms with Crippen molar-refractivity contribution in [2.45, 2.75) is 32.5 Å². The van der Waals surface area contributed by atoms with Crippen LogP contribution in [-0.4, -0.2) is 46.1 Å². The number of aromatic nitrogens is 3. The molecule has 0 atom stereocenters. The predicted molar refractivity (Wildman–Crippen MR) is 131 cm³/mol. The lowest BCUT2D eigenvalue weighted by Gasteiger charge is -2.09. The van der Waals surface area contributed by atoms with Crippen molar-refractivity contribution in [3.8, 4) is 17.1 Å². The summed E-state index contributed by atoms with van der Waals surface area (Å²) in [5.41, 5.74) is 2.09. The van der Waals surface area contributed by atoms with Gasteiger partial charge in [-0.05, 0) is 50.6 Å². The van der Waals surface area contributed by atoms with Gasteiger partial charge in [-0.2, -0.15) is 0 Å². The molecule has 174 valence electrons. The third-order valence-corrected chi connectivity index (χ3v) is 6.90. The number of esters is 1. The minimum atomic E-state index is -0.467. The molecule has 0 fully saturated rings. The van der Waals surface area contributed by atoms with Crippen molar-refractivity contribution in [2.24, 2.45) is 0 Å². The number of thioether (sulfide) groups is 1. The van der Waals surface area contributed by atoms with Gasteiger partial charge in [0, 0.05) is 17.0 Å². The molecule has 10 heteroatoms. The van der Waals surface area contributed by atoms with Gasteiger partial charge in [0.1, 0.15) is 10.8 Å². The molecule has 0 spiro atoms. The molecule has 0 aliphatic rings. The number of amides is 1. The molecule has 2 aromatic heterocycles. The highest BCUT2D eigenvalue weighted by Crippen LogP contribution is 2.33. The Balaban J connectivity index is 1.74. The van der Waals surface area contributed by atoms with E-state index in [0.717, 1.165) is 21.8 Å². The normalized spacial score (nSPS) is 10.7. The van der Waals surface area contributed by atoms with E-state index >= 15 is 0 Å². The minimum absolute atomic E-state index is 0.106. The van der Waals surface area contributed by atoms with Crippen molar-refractivity contribution in [2.75, 3.05) is 24.8 Å². The number of thiophene rings is 1. The maximum Gasteiger partial charge on any atom is 0.341 e. The summed E-state index contributed by atoms with van der Waals surface area (Å²) in [6.07, 6.45) is 1.76. The molecule has 0 saturated carbocycles. The number of allylic oxidation sites excluding steroid dienone is 1. The zero-order valence-corrected chi connectivity index (χ0v) is 20.6. The summed E-state index contributed by atoms with van der Waals surface area (Å²) < 4.78 is 12.3. The van der Waals surface area contributed by atoms with Crippen LogP contribution in [0.3, 0.4) is 0 Å². The number of hydrogen-bond donors (Lipinski definition) is 1. The van der Waals surface area contributed by atoms with Gasteiger partial charge in [-0.15, -0.1) is 28.1 Å². The number of ether oxygens (including phenoxy) is 2. The number of rotatable bonds is 10. The third-order valence-electron chi connectivity index (χ3n) is 4.81. The lowest BCUT2D eigenvalue weighted by molar-refractivity contribution is -0.113. The summed E-state index contributed by atoms with van der Waals surface area (Å²) in [6.45, 7) is 10.6. The molecule has 8 nitrogen and oxygen atoms in total. The average Bonchev–Trinajstić information content (AvgIpc) is 3.33. The van der Waals surface area contributed by atoms with Crippen LogP contribution in [0, 0.1) is 13.8 Å². The van der Waals surface area contributed by atoms with E-state index in [1.54, 1.807) is 6.08 Å². The molecule has 1 amide bonds. The lowest BCUT2D eigenvalue weighted by Crippen LogP contribution is -2.16. The van der Waals surface area contributed by atoms with E-state index in [-0.39, 0.29) is 11.7 Å². The highest BCUT2D eigenvalue weighted by atomic mass is 32.2. The van der Waals surface area contributed by atoms with Gasteiger partial charge >= 0.3 is 5.97 Å². The fourth-order valence-electron chi connectivity index (χ4n) is 3.13. The van der Waals surface area contributed by atoms with Crippen LogP contribution in [0.25, 0.3) is 11.4 Å². The number of benzene rings is 1. The van der Waals surface area contributed by atoms with Crippen LogP contribution >= 0.6 is 23.1 Å².